The molecule has 1 N–H and O–H groups in total. The number of ether oxygens (including phenoxy) is 1. The van der Waals surface area contributed by atoms with Gasteiger partial charge in [-0.3, -0.25) is 9.59 Å². The van der Waals surface area contributed by atoms with Crippen LogP contribution in [0.3, 0.4) is 0 Å². The van der Waals surface area contributed by atoms with Gasteiger partial charge < -0.3 is 19.4 Å². The van der Waals surface area contributed by atoms with Crippen molar-refractivity contribution in [3.8, 4) is 5.75 Å². The zero-order valence-corrected chi connectivity index (χ0v) is 21.2. The van der Waals surface area contributed by atoms with Gasteiger partial charge in [0, 0.05) is 30.8 Å². The summed E-state index contributed by atoms with van der Waals surface area (Å²) >= 11 is 0. The molecule has 37 heavy (non-hydrogen) atoms. The Kier molecular flexibility index (Phi) is 7.26. The maximum Gasteiger partial charge on any atom is 0.277 e. The number of amides is 2. The lowest BCUT2D eigenvalue weighted by atomic mass is 9.89. The third-order valence-electron chi connectivity index (χ3n) is 7.02. The zero-order chi connectivity index (χ0) is 25.9. The van der Waals surface area contributed by atoms with Gasteiger partial charge in [-0.15, -0.1) is 0 Å². The van der Waals surface area contributed by atoms with Crippen molar-refractivity contribution in [2.45, 2.75) is 51.4 Å². The van der Waals surface area contributed by atoms with Crippen LogP contribution in [0.5, 0.6) is 5.75 Å². The first-order chi connectivity index (χ1) is 17.9. The van der Waals surface area contributed by atoms with Crippen LogP contribution in [0.2, 0.25) is 0 Å². The fourth-order valence-corrected chi connectivity index (χ4v) is 4.53. The van der Waals surface area contributed by atoms with Crippen molar-refractivity contribution in [1.29, 1.82) is 0 Å². The summed E-state index contributed by atoms with van der Waals surface area (Å²) in [5.41, 5.74) is 2.17. The molecular weight excluding hydrogens is 473 g/mol. The Morgan fingerprint density at radius 1 is 1.11 bits per heavy atom. The molecule has 1 saturated carbocycles. The highest BCUT2D eigenvalue weighted by atomic mass is 19.1. The van der Waals surface area contributed by atoms with Gasteiger partial charge in [0.1, 0.15) is 17.8 Å². The molecule has 5 rings (SSSR count). The number of piperidine rings is 1. The molecule has 2 amide bonds. The molecule has 7 nitrogen and oxygen atoms in total. The molecule has 0 unspecified atom stereocenters. The summed E-state index contributed by atoms with van der Waals surface area (Å²) in [6, 6.07) is 12.3. The lowest BCUT2D eigenvalue weighted by molar-refractivity contribution is 0.0708. The predicted octanol–water partition coefficient (Wildman–Crippen LogP) is 6.00. The second kappa shape index (κ2) is 10.7. The van der Waals surface area contributed by atoms with Crippen LogP contribution in [0.15, 0.2) is 53.1 Å². The summed E-state index contributed by atoms with van der Waals surface area (Å²) in [5, 5.41) is 2.85. The van der Waals surface area contributed by atoms with Crippen LogP contribution in [0.25, 0.3) is 0 Å². The Bertz CT molecular complexity index is 1260. The molecule has 0 radical (unpaired) electrons. The maximum atomic E-state index is 14.6. The average molecular weight is 506 g/mol. The molecule has 1 saturated heterocycles. The Hall–Kier alpha value is -3.68. The average Bonchev–Trinajstić information content (AvgIpc) is 3.60. The van der Waals surface area contributed by atoms with Gasteiger partial charge in [-0.1, -0.05) is 26.0 Å². The Morgan fingerprint density at radius 3 is 2.46 bits per heavy atom. The van der Waals surface area contributed by atoms with E-state index < -0.39 is 5.82 Å². The molecular formula is C29H32FN3O4. The van der Waals surface area contributed by atoms with Gasteiger partial charge in [0.25, 0.3) is 11.8 Å². The van der Waals surface area contributed by atoms with E-state index in [2.05, 4.69) is 10.3 Å². The van der Waals surface area contributed by atoms with Crippen molar-refractivity contribution in [3.63, 3.8) is 0 Å². The van der Waals surface area contributed by atoms with Gasteiger partial charge >= 0.3 is 0 Å². The molecule has 2 aliphatic rings. The Labute approximate surface area is 216 Å². The first-order valence-corrected chi connectivity index (χ1v) is 13.0. The topological polar surface area (TPSA) is 84.7 Å². The number of anilines is 1. The fourth-order valence-electron chi connectivity index (χ4n) is 4.53. The number of likely N-dealkylation sites (tertiary alicyclic amines) is 1. The van der Waals surface area contributed by atoms with Crippen molar-refractivity contribution in [2.24, 2.45) is 5.92 Å². The van der Waals surface area contributed by atoms with Crippen molar-refractivity contribution < 1.29 is 23.1 Å². The minimum Gasteiger partial charge on any atom is -0.493 e. The molecule has 3 aromatic rings. The number of carbonyl (C=O) groups excluding carboxylic acids is 2. The molecule has 0 spiro atoms. The number of benzene rings is 2. The fraction of sp³-hybridized carbons (Fsp3) is 0.414. The normalized spacial score (nSPS) is 16.2. The zero-order valence-electron chi connectivity index (χ0n) is 21.2. The summed E-state index contributed by atoms with van der Waals surface area (Å²) in [6.07, 6.45) is 5.28. The molecule has 2 fully saturated rings. The molecule has 194 valence electrons. The van der Waals surface area contributed by atoms with E-state index in [0.29, 0.717) is 48.9 Å². The van der Waals surface area contributed by atoms with Crippen molar-refractivity contribution >= 4 is 17.5 Å². The van der Waals surface area contributed by atoms with E-state index in [1.165, 1.54) is 31.2 Å². The third-order valence-corrected chi connectivity index (χ3v) is 7.02. The Morgan fingerprint density at radius 2 is 1.84 bits per heavy atom. The summed E-state index contributed by atoms with van der Waals surface area (Å²) in [7, 11) is 0. The van der Waals surface area contributed by atoms with E-state index in [0.717, 1.165) is 18.4 Å². The van der Waals surface area contributed by atoms with E-state index in [1.807, 2.05) is 38.1 Å². The highest BCUT2D eigenvalue weighted by molar-refractivity contribution is 6.02. The van der Waals surface area contributed by atoms with Gasteiger partial charge in [0.05, 0.1) is 12.2 Å². The van der Waals surface area contributed by atoms with Crippen LogP contribution in [-0.2, 0) is 0 Å². The van der Waals surface area contributed by atoms with Crippen molar-refractivity contribution in [3.05, 3.63) is 77.3 Å². The van der Waals surface area contributed by atoms with Crippen LogP contribution in [0.1, 0.15) is 83.7 Å². The second-order valence-corrected chi connectivity index (χ2v) is 10.3. The smallest absolute Gasteiger partial charge is 0.277 e. The molecule has 0 atom stereocenters. The largest absolute Gasteiger partial charge is 0.493 e. The number of hydrogen-bond donors (Lipinski definition) is 1. The molecule has 1 aromatic heterocycles. The van der Waals surface area contributed by atoms with E-state index in [1.54, 1.807) is 11.0 Å². The summed E-state index contributed by atoms with van der Waals surface area (Å²) < 4.78 is 25.6. The van der Waals surface area contributed by atoms with Gasteiger partial charge in [-0.05, 0) is 67.3 Å². The summed E-state index contributed by atoms with van der Waals surface area (Å²) in [6.45, 7) is 5.63. The molecule has 2 aromatic carbocycles. The predicted molar refractivity (Wildman–Crippen MR) is 137 cm³/mol. The first-order valence-electron chi connectivity index (χ1n) is 13.0. The number of halogens is 1. The number of nitrogens with one attached hydrogen (secondary N) is 1. The molecule has 2 heterocycles. The lowest BCUT2D eigenvalue weighted by Gasteiger charge is -2.32. The number of nitrogens with zero attached hydrogens (tertiary/aromatic N) is 2. The lowest BCUT2D eigenvalue weighted by Crippen LogP contribution is -2.38. The van der Waals surface area contributed by atoms with Crippen molar-refractivity contribution in [1.82, 2.24) is 9.88 Å². The maximum absolute atomic E-state index is 14.6. The monoisotopic (exact) mass is 505 g/mol. The standard InChI is InChI=1S/C29H32FN3O4/c1-18(2)28-32-26(17-37-28)27(34)31-22-7-5-20(6-8-22)21-11-13-33(14-12-21)29(35)24-10-9-23(15-25(24)30)36-16-19-3-4-19/h5-10,15,17-19,21H,3-4,11-14,16H2,1-2H3,(H,31,34). The molecule has 8 heteroatoms. The van der Waals surface area contributed by atoms with Gasteiger partial charge in [0.2, 0.25) is 0 Å². The molecule has 0 bridgehead atoms. The van der Waals surface area contributed by atoms with Crippen LogP contribution in [-0.4, -0.2) is 41.4 Å². The molecule has 1 aliphatic heterocycles. The number of rotatable bonds is 8. The Balaban J connectivity index is 1.13. The van der Waals surface area contributed by atoms with E-state index >= 15 is 0 Å². The second-order valence-electron chi connectivity index (χ2n) is 10.3. The van der Waals surface area contributed by atoms with E-state index in [4.69, 9.17) is 9.15 Å². The van der Waals surface area contributed by atoms with Gasteiger partial charge in [-0.2, -0.15) is 0 Å². The van der Waals surface area contributed by atoms with E-state index in [9.17, 15) is 14.0 Å². The highest BCUT2D eigenvalue weighted by Crippen LogP contribution is 2.31. The van der Waals surface area contributed by atoms with E-state index in [-0.39, 0.29) is 29.0 Å². The van der Waals surface area contributed by atoms with Crippen molar-refractivity contribution in [2.75, 3.05) is 25.0 Å². The van der Waals surface area contributed by atoms with Crippen LogP contribution in [0, 0.1) is 11.7 Å². The summed E-state index contributed by atoms with van der Waals surface area (Å²) in [5.74, 6) is 0.853. The van der Waals surface area contributed by atoms with Crippen LogP contribution >= 0.6 is 0 Å². The number of carbonyl (C=O) groups is 2. The summed E-state index contributed by atoms with van der Waals surface area (Å²) in [4.78, 5) is 31.3. The third kappa shape index (κ3) is 6.01. The highest BCUT2D eigenvalue weighted by Gasteiger charge is 2.27. The SMILES string of the molecule is CC(C)c1nc(C(=O)Nc2ccc(C3CCN(C(=O)c4ccc(OCC5CC5)cc4F)CC3)cc2)co1. The van der Waals surface area contributed by atoms with Crippen LogP contribution in [0.4, 0.5) is 10.1 Å². The van der Waals surface area contributed by atoms with Crippen LogP contribution < -0.4 is 10.1 Å². The van der Waals surface area contributed by atoms with Gasteiger partial charge in [0.15, 0.2) is 11.6 Å². The number of aromatic nitrogens is 1. The van der Waals surface area contributed by atoms with Gasteiger partial charge in [-0.25, -0.2) is 9.37 Å². The minimum absolute atomic E-state index is 0.0879. The first kappa shape index (κ1) is 25.0. The number of hydrogen-bond acceptors (Lipinski definition) is 5. The quantitative estimate of drug-likeness (QED) is 0.406. The number of oxazole rings is 1. The minimum atomic E-state index is -0.538. The molecule has 1 aliphatic carbocycles.